The van der Waals surface area contributed by atoms with Crippen LogP contribution in [0.5, 0.6) is 0 Å². The van der Waals surface area contributed by atoms with Gasteiger partial charge in [0.15, 0.2) is 0 Å². The van der Waals surface area contributed by atoms with Crippen LogP contribution in [-0.4, -0.2) is 5.54 Å². The number of hydrogen-bond acceptors (Lipinski definition) is 1. The number of rotatable bonds is 4. The van der Waals surface area contributed by atoms with E-state index in [4.69, 9.17) is 0 Å². The normalized spacial score (nSPS) is 15.0. The summed E-state index contributed by atoms with van der Waals surface area (Å²) in [4.78, 5) is 0. The Hall–Kier alpha value is -2.80. The van der Waals surface area contributed by atoms with Crippen LogP contribution in [0, 0.1) is 0 Å². The zero-order valence-corrected chi connectivity index (χ0v) is 16.5. The third-order valence-corrected chi connectivity index (χ3v) is 5.32. The van der Waals surface area contributed by atoms with E-state index in [0.29, 0.717) is 0 Å². The van der Waals surface area contributed by atoms with Gasteiger partial charge in [0.05, 0.1) is 5.54 Å². The fraction of sp³-hybridized carbons (Fsp3) is 0.231. The molecule has 0 amide bonds. The van der Waals surface area contributed by atoms with E-state index in [1.54, 1.807) is 0 Å². The van der Waals surface area contributed by atoms with Gasteiger partial charge in [-0.3, -0.25) is 0 Å². The van der Waals surface area contributed by atoms with Crippen molar-refractivity contribution in [2.45, 2.75) is 39.2 Å². The van der Waals surface area contributed by atoms with E-state index < -0.39 is 0 Å². The van der Waals surface area contributed by atoms with Crippen molar-refractivity contribution in [3.05, 3.63) is 95.6 Å². The summed E-state index contributed by atoms with van der Waals surface area (Å²) < 4.78 is 0. The van der Waals surface area contributed by atoms with Crippen molar-refractivity contribution in [3.8, 4) is 0 Å². The minimum atomic E-state index is 0.0105. The van der Waals surface area contributed by atoms with E-state index in [1.807, 2.05) is 0 Å². The highest BCUT2D eigenvalue weighted by molar-refractivity contribution is 5.86. The second-order valence-electron chi connectivity index (χ2n) is 8.30. The topological polar surface area (TPSA) is 12.0 Å². The standard InChI is InChI=1S/C26H27N/c1-18(15-22-10-7-9-21-8-5-6-11-23(21)22)14-20-12-13-25-24(16-20)19(2)17-26(3,4)27-25/h5-13,16-17,27H,1,14-15H2,2-4H3. The van der Waals surface area contributed by atoms with Crippen LogP contribution in [0.1, 0.15) is 37.5 Å². The van der Waals surface area contributed by atoms with E-state index >= 15 is 0 Å². The van der Waals surface area contributed by atoms with Crippen LogP contribution in [0.15, 0.2) is 78.9 Å². The SMILES string of the molecule is C=C(Cc1ccc2c(c1)C(C)=CC(C)(C)N2)Cc1cccc2ccccc12. The molecule has 27 heavy (non-hydrogen) atoms. The second kappa shape index (κ2) is 6.74. The summed E-state index contributed by atoms with van der Waals surface area (Å²) in [5.41, 5.74) is 7.82. The van der Waals surface area contributed by atoms with Crippen molar-refractivity contribution >= 4 is 22.0 Å². The smallest absolute Gasteiger partial charge is 0.0505 e. The van der Waals surface area contributed by atoms with E-state index in [2.05, 4.69) is 99.4 Å². The minimum absolute atomic E-state index is 0.0105. The lowest BCUT2D eigenvalue weighted by atomic mass is 9.89. The molecular formula is C26H27N. The van der Waals surface area contributed by atoms with Crippen LogP contribution in [-0.2, 0) is 12.8 Å². The lowest BCUT2D eigenvalue weighted by molar-refractivity contribution is 0.707. The molecule has 3 aromatic carbocycles. The fourth-order valence-electron chi connectivity index (χ4n) is 4.21. The summed E-state index contributed by atoms with van der Waals surface area (Å²) in [6.07, 6.45) is 4.13. The Bertz CT molecular complexity index is 1050. The maximum atomic E-state index is 4.38. The summed E-state index contributed by atoms with van der Waals surface area (Å²) >= 11 is 0. The van der Waals surface area contributed by atoms with Crippen molar-refractivity contribution in [2.24, 2.45) is 0 Å². The summed E-state index contributed by atoms with van der Waals surface area (Å²) in [6, 6.07) is 21.9. The predicted molar refractivity (Wildman–Crippen MR) is 118 cm³/mol. The summed E-state index contributed by atoms with van der Waals surface area (Å²) in [6.45, 7) is 11.0. The van der Waals surface area contributed by atoms with E-state index in [1.165, 1.54) is 44.3 Å². The minimum Gasteiger partial charge on any atom is -0.376 e. The molecule has 1 N–H and O–H groups in total. The molecule has 0 radical (unpaired) electrons. The summed E-state index contributed by atoms with van der Waals surface area (Å²) in [7, 11) is 0. The third kappa shape index (κ3) is 3.68. The van der Waals surface area contributed by atoms with Crippen LogP contribution in [0.25, 0.3) is 16.3 Å². The number of anilines is 1. The molecule has 0 aliphatic carbocycles. The largest absolute Gasteiger partial charge is 0.376 e. The highest BCUT2D eigenvalue weighted by atomic mass is 15.0. The van der Waals surface area contributed by atoms with Gasteiger partial charge < -0.3 is 5.32 Å². The highest BCUT2D eigenvalue weighted by Gasteiger charge is 2.22. The van der Waals surface area contributed by atoms with E-state index in [0.717, 1.165) is 12.8 Å². The highest BCUT2D eigenvalue weighted by Crippen LogP contribution is 2.34. The molecule has 1 nitrogen and oxygen atoms in total. The lowest BCUT2D eigenvalue weighted by Crippen LogP contribution is -2.31. The molecule has 0 spiro atoms. The van der Waals surface area contributed by atoms with Gasteiger partial charge in [0.2, 0.25) is 0 Å². The molecule has 0 fully saturated rings. The molecular weight excluding hydrogens is 326 g/mol. The zero-order chi connectivity index (χ0) is 19.0. The van der Waals surface area contributed by atoms with Crippen molar-refractivity contribution < 1.29 is 0 Å². The van der Waals surface area contributed by atoms with Gasteiger partial charge in [-0.25, -0.2) is 0 Å². The van der Waals surface area contributed by atoms with Crippen molar-refractivity contribution in [1.29, 1.82) is 0 Å². The predicted octanol–water partition coefficient (Wildman–Crippen LogP) is 6.79. The first-order valence-electron chi connectivity index (χ1n) is 9.65. The Morgan fingerprint density at radius 1 is 0.963 bits per heavy atom. The van der Waals surface area contributed by atoms with E-state index in [-0.39, 0.29) is 5.54 Å². The molecule has 0 saturated heterocycles. The Morgan fingerprint density at radius 3 is 2.59 bits per heavy atom. The van der Waals surface area contributed by atoms with Crippen molar-refractivity contribution in [1.82, 2.24) is 0 Å². The molecule has 4 rings (SSSR count). The van der Waals surface area contributed by atoms with Crippen LogP contribution in [0.4, 0.5) is 5.69 Å². The Morgan fingerprint density at radius 2 is 1.74 bits per heavy atom. The van der Waals surface area contributed by atoms with Gasteiger partial charge in [-0.05, 0) is 73.2 Å². The van der Waals surface area contributed by atoms with Gasteiger partial charge in [0.25, 0.3) is 0 Å². The molecule has 1 heteroatoms. The van der Waals surface area contributed by atoms with Crippen LogP contribution >= 0.6 is 0 Å². The zero-order valence-electron chi connectivity index (χ0n) is 16.5. The number of benzene rings is 3. The summed E-state index contributed by atoms with van der Waals surface area (Å²) in [5.74, 6) is 0. The lowest BCUT2D eigenvalue weighted by Gasteiger charge is -2.31. The van der Waals surface area contributed by atoms with Gasteiger partial charge in [-0.1, -0.05) is 66.8 Å². The van der Waals surface area contributed by atoms with Gasteiger partial charge in [-0.15, -0.1) is 0 Å². The number of nitrogens with one attached hydrogen (secondary N) is 1. The van der Waals surface area contributed by atoms with Gasteiger partial charge >= 0.3 is 0 Å². The first kappa shape index (κ1) is 17.6. The molecule has 0 atom stereocenters. The molecule has 0 aromatic heterocycles. The van der Waals surface area contributed by atoms with Crippen molar-refractivity contribution in [3.63, 3.8) is 0 Å². The molecule has 0 saturated carbocycles. The van der Waals surface area contributed by atoms with Gasteiger partial charge in [-0.2, -0.15) is 0 Å². The van der Waals surface area contributed by atoms with Gasteiger partial charge in [0.1, 0.15) is 0 Å². The molecule has 0 unspecified atom stereocenters. The maximum absolute atomic E-state index is 4.38. The monoisotopic (exact) mass is 353 g/mol. The number of fused-ring (bicyclic) bond motifs is 2. The molecule has 3 aromatic rings. The fourth-order valence-corrected chi connectivity index (χ4v) is 4.21. The molecule has 1 aliphatic rings. The molecule has 0 bridgehead atoms. The van der Waals surface area contributed by atoms with Gasteiger partial charge in [0, 0.05) is 11.3 Å². The van der Waals surface area contributed by atoms with Crippen LogP contribution in [0.3, 0.4) is 0 Å². The summed E-state index contributed by atoms with van der Waals surface area (Å²) in [5, 5.41) is 6.24. The molecule has 1 aliphatic heterocycles. The molecule has 136 valence electrons. The quantitative estimate of drug-likeness (QED) is 0.509. The second-order valence-corrected chi connectivity index (χ2v) is 8.30. The number of hydrogen-bond donors (Lipinski definition) is 1. The Balaban J connectivity index is 1.55. The Labute approximate surface area is 162 Å². The first-order valence-corrected chi connectivity index (χ1v) is 9.65. The maximum Gasteiger partial charge on any atom is 0.0505 e. The van der Waals surface area contributed by atoms with E-state index in [9.17, 15) is 0 Å². The van der Waals surface area contributed by atoms with Crippen LogP contribution < -0.4 is 5.32 Å². The third-order valence-electron chi connectivity index (χ3n) is 5.32. The average molecular weight is 354 g/mol. The average Bonchev–Trinajstić information content (AvgIpc) is 2.62. The first-order chi connectivity index (χ1) is 12.9. The number of allylic oxidation sites excluding steroid dienone is 2. The van der Waals surface area contributed by atoms with Crippen molar-refractivity contribution in [2.75, 3.05) is 5.32 Å². The molecule has 1 heterocycles. The Kier molecular flexibility index (Phi) is 4.39. The van der Waals surface area contributed by atoms with Crippen LogP contribution in [0.2, 0.25) is 0 Å².